The van der Waals surface area contributed by atoms with E-state index in [1.807, 2.05) is 6.07 Å². The Bertz CT molecular complexity index is 988. The van der Waals surface area contributed by atoms with Crippen LogP contribution in [0.4, 0.5) is 10.1 Å². The highest BCUT2D eigenvalue weighted by molar-refractivity contribution is 6.05. The van der Waals surface area contributed by atoms with Crippen LogP contribution in [0.3, 0.4) is 0 Å². The van der Waals surface area contributed by atoms with Gasteiger partial charge in [-0.2, -0.15) is 0 Å². The summed E-state index contributed by atoms with van der Waals surface area (Å²) in [6, 6.07) is 14.3. The van der Waals surface area contributed by atoms with Gasteiger partial charge in [-0.3, -0.25) is 9.78 Å². The van der Waals surface area contributed by atoms with Gasteiger partial charge in [0.05, 0.1) is 11.1 Å². The molecule has 0 saturated carbocycles. The molecule has 1 aromatic heterocycles. The number of nitrogens with one attached hydrogen (secondary N) is 1. The lowest BCUT2D eigenvalue weighted by Gasteiger charge is -2.14. The second kappa shape index (κ2) is 7.31. The molecule has 6 heteroatoms. The van der Waals surface area contributed by atoms with E-state index in [1.165, 1.54) is 25.1 Å². The summed E-state index contributed by atoms with van der Waals surface area (Å²) in [5.74, 6) is -1.63. The maximum Gasteiger partial charge on any atom is 0.339 e. The van der Waals surface area contributed by atoms with Gasteiger partial charge in [-0.1, -0.05) is 24.3 Å². The third-order valence-electron chi connectivity index (χ3n) is 3.81. The summed E-state index contributed by atoms with van der Waals surface area (Å²) in [6.07, 6.45) is -1.04. The van der Waals surface area contributed by atoms with Gasteiger partial charge in [0.15, 0.2) is 6.10 Å². The van der Waals surface area contributed by atoms with Gasteiger partial charge in [-0.15, -0.1) is 0 Å². The summed E-state index contributed by atoms with van der Waals surface area (Å²) in [5, 5.41) is 3.17. The van der Waals surface area contributed by atoms with E-state index in [2.05, 4.69) is 10.3 Å². The predicted octanol–water partition coefficient (Wildman–Crippen LogP) is 3.87. The van der Waals surface area contributed by atoms with Crippen LogP contribution in [0.15, 0.2) is 54.6 Å². The topological polar surface area (TPSA) is 68.3 Å². The fourth-order valence-electron chi connectivity index (χ4n) is 2.56. The van der Waals surface area contributed by atoms with E-state index in [-0.39, 0.29) is 0 Å². The van der Waals surface area contributed by atoms with E-state index >= 15 is 0 Å². The average molecular weight is 352 g/mol. The molecular formula is C20H17FN2O3. The molecule has 1 heterocycles. The van der Waals surface area contributed by atoms with Crippen LogP contribution < -0.4 is 5.32 Å². The Balaban J connectivity index is 1.76. The van der Waals surface area contributed by atoms with Crippen LogP contribution in [-0.2, 0) is 9.53 Å². The maximum atomic E-state index is 13.2. The molecule has 0 aliphatic rings. The van der Waals surface area contributed by atoms with Crippen molar-refractivity contribution in [3.63, 3.8) is 0 Å². The standard InChI is InChI=1S/C20H17FN2O3/c1-12-10-17(16-8-3-4-9-18(16)22-12)20(25)26-13(2)19(24)23-15-7-5-6-14(21)11-15/h3-11,13H,1-2H3,(H,23,24)/t13-/m0/s1. The van der Waals surface area contributed by atoms with Crippen LogP contribution in [0, 0.1) is 12.7 Å². The number of amides is 1. The van der Waals surface area contributed by atoms with Crippen molar-refractivity contribution in [2.24, 2.45) is 0 Å². The molecule has 0 bridgehead atoms. The summed E-state index contributed by atoms with van der Waals surface area (Å²) in [7, 11) is 0. The zero-order valence-electron chi connectivity index (χ0n) is 14.3. The van der Waals surface area contributed by atoms with Gasteiger partial charge >= 0.3 is 5.97 Å². The van der Waals surface area contributed by atoms with Gasteiger partial charge in [0.1, 0.15) is 5.82 Å². The number of aryl methyl sites for hydroxylation is 1. The number of halogens is 1. The van der Waals surface area contributed by atoms with Crippen LogP contribution in [-0.4, -0.2) is 23.0 Å². The summed E-state index contributed by atoms with van der Waals surface area (Å²) in [6.45, 7) is 3.24. The van der Waals surface area contributed by atoms with Crippen molar-refractivity contribution in [3.05, 3.63) is 71.7 Å². The number of carbonyl (C=O) groups excluding carboxylic acids is 2. The highest BCUT2D eigenvalue weighted by Gasteiger charge is 2.21. The molecule has 0 aliphatic heterocycles. The Morgan fingerprint density at radius 2 is 1.88 bits per heavy atom. The monoisotopic (exact) mass is 352 g/mol. The average Bonchev–Trinajstić information content (AvgIpc) is 2.60. The number of hydrogen-bond acceptors (Lipinski definition) is 4. The molecule has 0 spiro atoms. The Kier molecular flexibility index (Phi) is 4.93. The Morgan fingerprint density at radius 3 is 2.65 bits per heavy atom. The molecule has 1 N–H and O–H groups in total. The SMILES string of the molecule is Cc1cc(C(=O)O[C@@H](C)C(=O)Nc2cccc(F)c2)c2ccccc2n1. The molecule has 0 unspecified atom stereocenters. The van der Waals surface area contributed by atoms with E-state index in [0.29, 0.717) is 27.8 Å². The molecule has 0 fully saturated rings. The molecule has 0 saturated heterocycles. The summed E-state index contributed by atoms with van der Waals surface area (Å²) in [5.41, 5.74) is 1.99. The molecular weight excluding hydrogens is 335 g/mol. The van der Waals surface area contributed by atoms with Gasteiger partial charge in [-0.25, -0.2) is 9.18 Å². The van der Waals surface area contributed by atoms with E-state index in [9.17, 15) is 14.0 Å². The first-order valence-corrected chi connectivity index (χ1v) is 8.08. The number of esters is 1. The minimum absolute atomic E-state index is 0.295. The van der Waals surface area contributed by atoms with Gasteiger partial charge < -0.3 is 10.1 Å². The lowest BCUT2D eigenvalue weighted by Crippen LogP contribution is -2.30. The number of benzene rings is 2. The zero-order valence-corrected chi connectivity index (χ0v) is 14.3. The number of para-hydroxylation sites is 1. The third-order valence-corrected chi connectivity index (χ3v) is 3.81. The Labute approximate surface area is 149 Å². The lowest BCUT2D eigenvalue weighted by molar-refractivity contribution is -0.123. The normalized spacial score (nSPS) is 11.8. The predicted molar refractivity (Wildman–Crippen MR) is 96.4 cm³/mol. The summed E-state index contributed by atoms with van der Waals surface area (Å²) in [4.78, 5) is 29.1. The highest BCUT2D eigenvalue weighted by Crippen LogP contribution is 2.20. The number of hydrogen-bond donors (Lipinski definition) is 1. The molecule has 1 amide bonds. The second-order valence-corrected chi connectivity index (χ2v) is 5.88. The summed E-state index contributed by atoms with van der Waals surface area (Å²) >= 11 is 0. The number of fused-ring (bicyclic) bond motifs is 1. The van der Waals surface area contributed by atoms with Gasteiger partial charge in [0, 0.05) is 16.8 Å². The molecule has 0 radical (unpaired) electrons. The number of rotatable bonds is 4. The number of aromatic nitrogens is 1. The highest BCUT2D eigenvalue weighted by atomic mass is 19.1. The van der Waals surface area contributed by atoms with E-state index < -0.39 is 23.8 Å². The van der Waals surface area contributed by atoms with Crippen LogP contribution in [0.1, 0.15) is 23.0 Å². The fraction of sp³-hybridized carbons (Fsp3) is 0.150. The van der Waals surface area contributed by atoms with Crippen molar-refractivity contribution >= 4 is 28.5 Å². The van der Waals surface area contributed by atoms with Gasteiger partial charge in [0.25, 0.3) is 5.91 Å². The second-order valence-electron chi connectivity index (χ2n) is 5.88. The van der Waals surface area contributed by atoms with Crippen molar-refractivity contribution in [2.75, 3.05) is 5.32 Å². The first-order valence-electron chi connectivity index (χ1n) is 8.08. The van der Waals surface area contributed by atoms with E-state index in [0.717, 1.165) is 0 Å². The van der Waals surface area contributed by atoms with Crippen LogP contribution in [0.25, 0.3) is 10.9 Å². The van der Waals surface area contributed by atoms with Gasteiger partial charge in [-0.05, 0) is 44.2 Å². The molecule has 2 aromatic carbocycles. The molecule has 26 heavy (non-hydrogen) atoms. The number of anilines is 1. The molecule has 3 rings (SSSR count). The first kappa shape index (κ1) is 17.5. The van der Waals surface area contributed by atoms with E-state index in [1.54, 1.807) is 37.3 Å². The summed E-state index contributed by atoms with van der Waals surface area (Å²) < 4.78 is 18.5. The zero-order chi connectivity index (χ0) is 18.7. The molecule has 3 aromatic rings. The smallest absolute Gasteiger partial charge is 0.339 e. The minimum Gasteiger partial charge on any atom is -0.449 e. The van der Waals surface area contributed by atoms with Crippen molar-refractivity contribution in [2.45, 2.75) is 20.0 Å². The minimum atomic E-state index is -1.04. The molecule has 5 nitrogen and oxygen atoms in total. The fourth-order valence-corrected chi connectivity index (χ4v) is 2.56. The molecule has 132 valence electrons. The first-order chi connectivity index (χ1) is 12.4. The van der Waals surface area contributed by atoms with Crippen LogP contribution >= 0.6 is 0 Å². The number of nitrogens with zero attached hydrogens (tertiary/aromatic N) is 1. The lowest BCUT2D eigenvalue weighted by atomic mass is 10.1. The van der Waals surface area contributed by atoms with E-state index in [4.69, 9.17) is 4.74 Å². The number of carbonyl (C=O) groups is 2. The molecule has 1 atom stereocenters. The largest absolute Gasteiger partial charge is 0.449 e. The van der Waals surface area contributed by atoms with Gasteiger partial charge in [0.2, 0.25) is 0 Å². The number of ether oxygens (including phenoxy) is 1. The maximum absolute atomic E-state index is 13.2. The molecule has 0 aliphatic carbocycles. The van der Waals surface area contributed by atoms with Crippen molar-refractivity contribution in [3.8, 4) is 0 Å². The van der Waals surface area contributed by atoms with Crippen molar-refractivity contribution in [1.29, 1.82) is 0 Å². The van der Waals surface area contributed by atoms with Crippen LogP contribution in [0.5, 0.6) is 0 Å². The quantitative estimate of drug-likeness (QED) is 0.724. The Hall–Kier alpha value is -3.28. The number of pyridine rings is 1. The van der Waals surface area contributed by atoms with Crippen molar-refractivity contribution < 1.29 is 18.7 Å². The van der Waals surface area contributed by atoms with Crippen LogP contribution in [0.2, 0.25) is 0 Å². The third kappa shape index (κ3) is 3.85. The van der Waals surface area contributed by atoms with Crippen molar-refractivity contribution in [1.82, 2.24) is 4.98 Å². The Morgan fingerprint density at radius 1 is 1.12 bits per heavy atom.